The van der Waals surface area contributed by atoms with Crippen molar-refractivity contribution in [2.24, 2.45) is 5.92 Å². The zero-order valence-corrected chi connectivity index (χ0v) is 20.9. The summed E-state index contributed by atoms with van der Waals surface area (Å²) >= 11 is 1.86. The Morgan fingerprint density at radius 3 is 2.71 bits per heavy atom. The van der Waals surface area contributed by atoms with Gasteiger partial charge in [0, 0.05) is 24.2 Å². The summed E-state index contributed by atoms with van der Waals surface area (Å²) in [5.74, 6) is 2.53. The Hall–Kier alpha value is -2.87. The number of hydrogen-bond acceptors (Lipinski definition) is 7. The smallest absolute Gasteiger partial charge is 0.146 e. The second-order valence-electron chi connectivity index (χ2n) is 9.65. The molecule has 7 heteroatoms. The summed E-state index contributed by atoms with van der Waals surface area (Å²) in [5, 5.41) is 5.04. The van der Waals surface area contributed by atoms with Gasteiger partial charge >= 0.3 is 0 Å². The van der Waals surface area contributed by atoms with Crippen LogP contribution in [0.3, 0.4) is 0 Å². The summed E-state index contributed by atoms with van der Waals surface area (Å²) in [4.78, 5) is 19.9. The fourth-order valence-corrected chi connectivity index (χ4v) is 6.58. The summed E-state index contributed by atoms with van der Waals surface area (Å²) in [6.07, 6.45) is 5.31. The topological polar surface area (TPSA) is 63.2 Å². The molecule has 0 unspecified atom stereocenters. The van der Waals surface area contributed by atoms with Crippen LogP contribution in [0, 0.1) is 5.92 Å². The van der Waals surface area contributed by atoms with Crippen LogP contribution in [0.2, 0.25) is 0 Å². The molecule has 1 fully saturated rings. The Morgan fingerprint density at radius 2 is 1.91 bits per heavy atom. The van der Waals surface area contributed by atoms with Gasteiger partial charge in [-0.3, -0.25) is 9.88 Å². The average Bonchev–Trinajstić information content (AvgIpc) is 3.26. The zero-order valence-electron chi connectivity index (χ0n) is 20.1. The second-order valence-corrected chi connectivity index (χ2v) is 10.7. The maximum absolute atomic E-state index is 5.55. The van der Waals surface area contributed by atoms with E-state index < -0.39 is 0 Å². The lowest BCUT2D eigenvalue weighted by Crippen LogP contribution is -2.36. The quantitative estimate of drug-likeness (QED) is 0.403. The van der Waals surface area contributed by atoms with Gasteiger partial charge in [0.05, 0.1) is 36.9 Å². The number of hydrogen-bond donors (Lipinski definition) is 1. The molecule has 2 atom stereocenters. The molecular formula is C28H31N5OS. The number of nitrogens with one attached hydrogen (secondary N) is 1. The molecule has 3 aromatic heterocycles. The van der Waals surface area contributed by atoms with E-state index in [1.54, 1.807) is 0 Å². The fourth-order valence-electron chi connectivity index (χ4n) is 5.18. The molecule has 1 N–H and O–H groups in total. The molecule has 1 aromatic carbocycles. The maximum Gasteiger partial charge on any atom is 0.146 e. The molecule has 35 heavy (non-hydrogen) atoms. The van der Waals surface area contributed by atoms with Crippen molar-refractivity contribution in [3.05, 3.63) is 82.3 Å². The highest BCUT2D eigenvalue weighted by Crippen LogP contribution is 2.41. The van der Waals surface area contributed by atoms with Crippen molar-refractivity contribution in [1.29, 1.82) is 0 Å². The highest BCUT2D eigenvalue weighted by Gasteiger charge is 2.26. The van der Waals surface area contributed by atoms with Crippen LogP contribution < -0.4 is 5.32 Å². The van der Waals surface area contributed by atoms with Crippen molar-refractivity contribution in [1.82, 2.24) is 19.9 Å². The van der Waals surface area contributed by atoms with Gasteiger partial charge in [0.1, 0.15) is 16.5 Å². The molecular weight excluding hydrogens is 454 g/mol. The summed E-state index contributed by atoms with van der Waals surface area (Å²) in [6.45, 7) is 6.48. The minimum absolute atomic E-state index is 0.0928. The fraction of sp³-hybridized carbons (Fsp3) is 0.393. The number of anilines is 1. The van der Waals surface area contributed by atoms with Crippen molar-refractivity contribution in [2.45, 2.75) is 38.8 Å². The minimum atomic E-state index is -0.0928. The van der Waals surface area contributed by atoms with Gasteiger partial charge in [0.15, 0.2) is 0 Å². The molecule has 1 saturated heterocycles. The standard InChI is InChI=1S/C28H31N5OS/c1-19-10-11-21-23(17-19)35-28-25(21)27(30-24(31-28)18-33-13-15-34-16-14-33)32-26(20-7-3-2-4-8-20)22-9-5-6-12-29-22/h2-9,12,19,26H,10-11,13-18H2,1H3,(H,30,31,32)/t19-,26-/m1/s1. The predicted molar refractivity (Wildman–Crippen MR) is 141 cm³/mol. The van der Waals surface area contributed by atoms with Gasteiger partial charge in [-0.2, -0.15) is 0 Å². The van der Waals surface area contributed by atoms with Gasteiger partial charge in [-0.25, -0.2) is 9.97 Å². The van der Waals surface area contributed by atoms with Crippen LogP contribution in [-0.4, -0.2) is 46.2 Å². The molecule has 0 saturated carbocycles. The normalized spacial score (nSPS) is 19.4. The van der Waals surface area contributed by atoms with E-state index in [1.807, 2.05) is 29.7 Å². The van der Waals surface area contributed by atoms with Crippen LogP contribution >= 0.6 is 11.3 Å². The number of nitrogens with zero attached hydrogens (tertiary/aromatic N) is 4. The van der Waals surface area contributed by atoms with E-state index >= 15 is 0 Å². The molecule has 6 nitrogen and oxygen atoms in total. The molecule has 2 aliphatic rings. The lowest BCUT2D eigenvalue weighted by atomic mass is 9.89. The third-order valence-electron chi connectivity index (χ3n) is 7.07. The largest absolute Gasteiger partial charge is 0.379 e. The molecule has 6 rings (SSSR count). The molecule has 1 aliphatic heterocycles. The van der Waals surface area contributed by atoms with Gasteiger partial charge in [0.2, 0.25) is 0 Å². The maximum atomic E-state index is 5.55. The molecule has 0 amide bonds. The van der Waals surface area contributed by atoms with Crippen LogP contribution in [0.25, 0.3) is 10.2 Å². The zero-order chi connectivity index (χ0) is 23.6. The third kappa shape index (κ3) is 4.81. The second kappa shape index (κ2) is 10.0. The van der Waals surface area contributed by atoms with Crippen molar-refractivity contribution in [3.63, 3.8) is 0 Å². The van der Waals surface area contributed by atoms with Crippen molar-refractivity contribution in [2.75, 3.05) is 31.6 Å². The molecule has 4 heterocycles. The number of thiophene rings is 1. The molecule has 4 aromatic rings. The number of aryl methyl sites for hydroxylation is 1. The van der Waals surface area contributed by atoms with E-state index in [1.165, 1.54) is 27.8 Å². The average molecular weight is 486 g/mol. The van der Waals surface area contributed by atoms with Crippen LogP contribution in [0.4, 0.5) is 5.82 Å². The van der Waals surface area contributed by atoms with Gasteiger partial charge in [-0.1, -0.05) is 43.3 Å². The van der Waals surface area contributed by atoms with Crippen LogP contribution in [0.15, 0.2) is 54.7 Å². The summed E-state index contributed by atoms with van der Waals surface area (Å²) in [5.41, 5.74) is 3.60. The van der Waals surface area contributed by atoms with Gasteiger partial charge in [0.25, 0.3) is 0 Å². The number of benzene rings is 1. The number of ether oxygens (including phenoxy) is 1. The van der Waals surface area contributed by atoms with E-state index in [0.717, 1.165) is 73.8 Å². The number of rotatable bonds is 6. The summed E-state index contributed by atoms with van der Waals surface area (Å²) in [6, 6.07) is 16.5. The van der Waals surface area contributed by atoms with Crippen molar-refractivity contribution in [3.8, 4) is 0 Å². The van der Waals surface area contributed by atoms with E-state index in [4.69, 9.17) is 19.7 Å². The summed E-state index contributed by atoms with van der Waals surface area (Å²) in [7, 11) is 0. The first-order valence-corrected chi connectivity index (χ1v) is 13.4. The lowest BCUT2D eigenvalue weighted by molar-refractivity contribution is 0.0331. The van der Waals surface area contributed by atoms with E-state index in [2.05, 4.69) is 53.5 Å². The van der Waals surface area contributed by atoms with E-state index in [9.17, 15) is 0 Å². The molecule has 0 bridgehead atoms. The lowest BCUT2D eigenvalue weighted by Gasteiger charge is -2.26. The molecule has 1 aliphatic carbocycles. The predicted octanol–water partition coefficient (Wildman–Crippen LogP) is 5.24. The Balaban J connectivity index is 1.45. The van der Waals surface area contributed by atoms with Crippen LogP contribution in [-0.2, 0) is 24.1 Å². The Morgan fingerprint density at radius 1 is 1.09 bits per heavy atom. The minimum Gasteiger partial charge on any atom is -0.379 e. The first-order valence-electron chi connectivity index (χ1n) is 12.6. The Kier molecular flexibility index (Phi) is 6.46. The van der Waals surface area contributed by atoms with Gasteiger partial charge < -0.3 is 10.1 Å². The molecule has 0 spiro atoms. The van der Waals surface area contributed by atoms with Gasteiger partial charge in [-0.05, 0) is 48.4 Å². The first kappa shape index (κ1) is 22.6. The number of morpholine rings is 1. The van der Waals surface area contributed by atoms with Crippen LogP contribution in [0.5, 0.6) is 0 Å². The van der Waals surface area contributed by atoms with E-state index in [0.29, 0.717) is 0 Å². The van der Waals surface area contributed by atoms with Gasteiger partial charge in [-0.15, -0.1) is 11.3 Å². The number of aromatic nitrogens is 3. The van der Waals surface area contributed by atoms with Crippen molar-refractivity contribution < 1.29 is 4.74 Å². The van der Waals surface area contributed by atoms with Crippen molar-refractivity contribution >= 4 is 27.4 Å². The Bertz CT molecular complexity index is 1250. The number of fused-ring (bicyclic) bond motifs is 3. The highest BCUT2D eigenvalue weighted by atomic mass is 32.1. The highest BCUT2D eigenvalue weighted by molar-refractivity contribution is 7.19. The molecule has 180 valence electrons. The molecule has 0 radical (unpaired) electrons. The Labute approximate surface area is 210 Å². The number of pyridine rings is 1. The summed E-state index contributed by atoms with van der Waals surface area (Å²) < 4.78 is 5.55. The first-order chi connectivity index (χ1) is 17.2. The monoisotopic (exact) mass is 485 g/mol. The van der Waals surface area contributed by atoms with Crippen LogP contribution in [0.1, 0.15) is 46.9 Å². The van der Waals surface area contributed by atoms with E-state index in [-0.39, 0.29) is 6.04 Å². The third-order valence-corrected chi connectivity index (χ3v) is 8.22. The SMILES string of the molecule is C[C@@H]1CCc2c(sc3nc(CN4CCOCC4)nc(N[C@H](c4ccccc4)c4ccccn4)c23)C1.